The number of anilines is 1. The Hall–Kier alpha value is -1.65. The molecule has 100 valence electrons. The molecule has 1 rings (SSSR count). The summed E-state index contributed by atoms with van der Waals surface area (Å²) >= 11 is 0. The topological polar surface area (TPSA) is 75.1 Å². The average Bonchev–Trinajstić information content (AvgIpc) is 2.39. The molecule has 18 heavy (non-hydrogen) atoms. The first-order valence-corrected chi connectivity index (χ1v) is 6.47. The maximum atomic E-state index is 11.0. The standard InChI is InChI=1S/C13H21N3O2/c1-3-5-6-10(4-2)9-14-12-11(13(17)18)7-8-15-16-12/h7-8,10H,3-6,9H2,1-2H3,(H,14,16)(H,17,18). The van der Waals surface area contributed by atoms with Crippen LogP contribution in [-0.4, -0.2) is 27.8 Å². The van der Waals surface area contributed by atoms with Gasteiger partial charge >= 0.3 is 5.97 Å². The molecule has 0 radical (unpaired) electrons. The molecule has 5 nitrogen and oxygen atoms in total. The fourth-order valence-corrected chi connectivity index (χ4v) is 1.82. The van der Waals surface area contributed by atoms with Crippen LogP contribution in [0.4, 0.5) is 5.82 Å². The SMILES string of the molecule is CCCCC(CC)CNc1nnccc1C(=O)O. The molecule has 1 heterocycles. The lowest BCUT2D eigenvalue weighted by Gasteiger charge is -2.16. The molecule has 0 bridgehead atoms. The molecule has 0 aromatic carbocycles. The maximum Gasteiger partial charge on any atom is 0.339 e. The predicted octanol–water partition coefficient (Wildman–Crippen LogP) is 2.80. The number of nitrogens with one attached hydrogen (secondary N) is 1. The predicted molar refractivity (Wildman–Crippen MR) is 70.8 cm³/mol. The zero-order chi connectivity index (χ0) is 13.4. The maximum absolute atomic E-state index is 11.0. The van der Waals surface area contributed by atoms with Crippen LogP contribution in [0.1, 0.15) is 49.9 Å². The minimum Gasteiger partial charge on any atom is -0.478 e. The summed E-state index contributed by atoms with van der Waals surface area (Å²) in [6, 6.07) is 1.46. The normalized spacial score (nSPS) is 12.1. The Kier molecular flexibility index (Phi) is 6.11. The first-order chi connectivity index (χ1) is 8.69. The van der Waals surface area contributed by atoms with E-state index in [2.05, 4.69) is 29.4 Å². The Balaban J connectivity index is 2.59. The minimum absolute atomic E-state index is 0.176. The van der Waals surface area contributed by atoms with Gasteiger partial charge in [-0.25, -0.2) is 4.79 Å². The van der Waals surface area contributed by atoms with E-state index in [4.69, 9.17) is 5.11 Å². The number of unbranched alkanes of at least 4 members (excludes halogenated alkanes) is 1. The van der Waals surface area contributed by atoms with Crippen LogP contribution in [0, 0.1) is 5.92 Å². The van der Waals surface area contributed by atoms with Crippen LogP contribution in [-0.2, 0) is 0 Å². The molecule has 1 aromatic heterocycles. The van der Waals surface area contributed by atoms with Gasteiger partial charge in [0.05, 0.1) is 6.20 Å². The zero-order valence-electron chi connectivity index (χ0n) is 11.0. The summed E-state index contributed by atoms with van der Waals surface area (Å²) in [6.45, 7) is 5.07. The second-order valence-corrected chi connectivity index (χ2v) is 4.40. The van der Waals surface area contributed by atoms with E-state index < -0.39 is 5.97 Å². The van der Waals surface area contributed by atoms with Gasteiger partial charge in [0, 0.05) is 6.54 Å². The fourth-order valence-electron chi connectivity index (χ4n) is 1.82. The van der Waals surface area contributed by atoms with Crippen LogP contribution in [0.15, 0.2) is 12.3 Å². The smallest absolute Gasteiger partial charge is 0.339 e. The van der Waals surface area contributed by atoms with E-state index in [9.17, 15) is 4.79 Å². The summed E-state index contributed by atoms with van der Waals surface area (Å²) in [7, 11) is 0. The van der Waals surface area contributed by atoms with Crippen LogP contribution in [0.5, 0.6) is 0 Å². The molecule has 1 aromatic rings. The molecule has 0 saturated heterocycles. The van der Waals surface area contributed by atoms with Crippen molar-refractivity contribution in [3.8, 4) is 0 Å². The van der Waals surface area contributed by atoms with Gasteiger partial charge in [-0.3, -0.25) is 0 Å². The number of rotatable bonds is 8. The van der Waals surface area contributed by atoms with Crippen molar-refractivity contribution in [2.45, 2.75) is 39.5 Å². The average molecular weight is 251 g/mol. The highest BCUT2D eigenvalue weighted by Crippen LogP contribution is 2.15. The van der Waals surface area contributed by atoms with Gasteiger partial charge in [-0.05, 0) is 18.4 Å². The van der Waals surface area contributed by atoms with Crippen molar-refractivity contribution in [3.63, 3.8) is 0 Å². The highest BCUT2D eigenvalue weighted by Gasteiger charge is 2.12. The lowest BCUT2D eigenvalue weighted by atomic mass is 9.99. The number of carboxylic acid groups (broad SMARTS) is 1. The number of hydrogen-bond acceptors (Lipinski definition) is 4. The molecule has 0 saturated carbocycles. The number of aromatic carboxylic acids is 1. The summed E-state index contributed by atoms with van der Waals surface area (Å²) < 4.78 is 0. The molecule has 0 aliphatic heterocycles. The second-order valence-electron chi connectivity index (χ2n) is 4.40. The lowest BCUT2D eigenvalue weighted by Crippen LogP contribution is -2.17. The lowest BCUT2D eigenvalue weighted by molar-refractivity contribution is 0.0697. The molecule has 1 atom stereocenters. The van der Waals surface area contributed by atoms with Gasteiger partial charge in [-0.15, -0.1) is 5.10 Å². The van der Waals surface area contributed by atoms with E-state index >= 15 is 0 Å². The van der Waals surface area contributed by atoms with Crippen molar-refractivity contribution in [1.82, 2.24) is 10.2 Å². The van der Waals surface area contributed by atoms with Crippen molar-refractivity contribution in [2.75, 3.05) is 11.9 Å². The van der Waals surface area contributed by atoms with Gasteiger partial charge in [0.2, 0.25) is 0 Å². The van der Waals surface area contributed by atoms with Crippen LogP contribution >= 0.6 is 0 Å². The van der Waals surface area contributed by atoms with Gasteiger partial charge in [-0.2, -0.15) is 5.10 Å². The third kappa shape index (κ3) is 4.31. The fraction of sp³-hybridized carbons (Fsp3) is 0.615. The molecular weight excluding hydrogens is 230 g/mol. The van der Waals surface area contributed by atoms with Crippen molar-refractivity contribution < 1.29 is 9.90 Å². The Morgan fingerprint density at radius 2 is 2.28 bits per heavy atom. The quantitative estimate of drug-likeness (QED) is 0.743. The molecule has 2 N–H and O–H groups in total. The first kappa shape index (κ1) is 14.4. The summed E-state index contributed by atoms with van der Waals surface area (Å²) in [4.78, 5) is 11.0. The summed E-state index contributed by atoms with van der Waals surface area (Å²) in [6.07, 6.45) is 6.01. The van der Waals surface area contributed by atoms with E-state index in [0.29, 0.717) is 11.7 Å². The van der Waals surface area contributed by atoms with E-state index in [-0.39, 0.29) is 5.56 Å². The molecule has 0 aliphatic rings. The second kappa shape index (κ2) is 7.63. The highest BCUT2D eigenvalue weighted by molar-refractivity contribution is 5.92. The number of carboxylic acids is 1. The van der Waals surface area contributed by atoms with Crippen molar-refractivity contribution >= 4 is 11.8 Å². The van der Waals surface area contributed by atoms with E-state index in [0.717, 1.165) is 19.4 Å². The molecule has 0 amide bonds. The van der Waals surface area contributed by atoms with Crippen LogP contribution in [0.25, 0.3) is 0 Å². The molecule has 1 unspecified atom stereocenters. The first-order valence-electron chi connectivity index (χ1n) is 6.47. The minimum atomic E-state index is -0.978. The van der Waals surface area contributed by atoms with Crippen molar-refractivity contribution in [2.24, 2.45) is 5.92 Å². The number of hydrogen-bond donors (Lipinski definition) is 2. The zero-order valence-corrected chi connectivity index (χ0v) is 11.0. The molecule has 0 fully saturated rings. The Morgan fingerprint density at radius 3 is 2.89 bits per heavy atom. The van der Waals surface area contributed by atoms with Crippen molar-refractivity contribution in [3.05, 3.63) is 17.8 Å². The van der Waals surface area contributed by atoms with Gasteiger partial charge in [0.1, 0.15) is 5.56 Å². The third-order valence-corrected chi connectivity index (χ3v) is 3.05. The summed E-state index contributed by atoms with van der Waals surface area (Å²) in [5.74, 6) is -0.0671. The third-order valence-electron chi connectivity index (χ3n) is 3.05. The molecular formula is C13H21N3O2. The van der Waals surface area contributed by atoms with Gasteiger partial charge < -0.3 is 10.4 Å². The summed E-state index contributed by atoms with van der Waals surface area (Å²) in [5, 5.41) is 19.7. The van der Waals surface area contributed by atoms with E-state index in [1.807, 2.05) is 0 Å². The Bertz CT molecular complexity index is 382. The van der Waals surface area contributed by atoms with Gasteiger partial charge in [0.25, 0.3) is 0 Å². The number of aromatic nitrogens is 2. The molecule has 5 heteroatoms. The monoisotopic (exact) mass is 251 g/mol. The molecule has 0 aliphatic carbocycles. The van der Waals surface area contributed by atoms with Gasteiger partial charge in [-0.1, -0.05) is 33.1 Å². The molecule has 0 spiro atoms. The summed E-state index contributed by atoms with van der Waals surface area (Å²) in [5.41, 5.74) is 0.176. The van der Waals surface area contributed by atoms with Crippen LogP contribution in [0.2, 0.25) is 0 Å². The van der Waals surface area contributed by atoms with Crippen LogP contribution < -0.4 is 5.32 Å². The van der Waals surface area contributed by atoms with E-state index in [1.54, 1.807) is 0 Å². The van der Waals surface area contributed by atoms with Crippen molar-refractivity contribution in [1.29, 1.82) is 0 Å². The van der Waals surface area contributed by atoms with Crippen LogP contribution in [0.3, 0.4) is 0 Å². The number of carbonyl (C=O) groups is 1. The Morgan fingerprint density at radius 1 is 1.50 bits per heavy atom. The number of nitrogens with zero attached hydrogens (tertiary/aromatic N) is 2. The van der Waals surface area contributed by atoms with Gasteiger partial charge in [0.15, 0.2) is 5.82 Å². The van der Waals surface area contributed by atoms with E-state index in [1.165, 1.54) is 25.1 Å². The largest absolute Gasteiger partial charge is 0.478 e. The highest BCUT2D eigenvalue weighted by atomic mass is 16.4. The Labute approximate surface area is 108 Å².